The van der Waals surface area contributed by atoms with E-state index in [1.807, 2.05) is 28.9 Å². The molecule has 4 nitrogen and oxygen atoms in total. The molecule has 1 aliphatic rings. The summed E-state index contributed by atoms with van der Waals surface area (Å²) < 4.78 is 21.3. The zero-order valence-corrected chi connectivity index (χ0v) is 13.2. The lowest BCUT2D eigenvalue weighted by molar-refractivity contribution is -0.0476. The highest BCUT2D eigenvalue weighted by molar-refractivity contribution is 5.37. The molecule has 1 aliphatic heterocycles. The van der Waals surface area contributed by atoms with Crippen molar-refractivity contribution in [2.24, 2.45) is 0 Å². The van der Waals surface area contributed by atoms with Gasteiger partial charge < -0.3 is 4.74 Å². The van der Waals surface area contributed by atoms with Crippen LogP contribution in [0.25, 0.3) is 0 Å². The van der Waals surface area contributed by atoms with E-state index < -0.39 is 5.60 Å². The van der Waals surface area contributed by atoms with Gasteiger partial charge >= 0.3 is 0 Å². The summed E-state index contributed by atoms with van der Waals surface area (Å²) >= 11 is 0. The molecule has 0 bridgehead atoms. The van der Waals surface area contributed by atoms with E-state index in [2.05, 4.69) is 22.2 Å². The molecule has 0 saturated heterocycles. The number of hydrogen-bond donors (Lipinski definition) is 0. The molecule has 122 valence electrons. The molecular weight excluding hydrogens is 305 g/mol. The minimum absolute atomic E-state index is 0.219. The van der Waals surface area contributed by atoms with Crippen LogP contribution in [0.2, 0.25) is 0 Å². The van der Waals surface area contributed by atoms with Crippen LogP contribution in [0.1, 0.15) is 23.1 Å². The monoisotopic (exact) mass is 323 g/mol. The topological polar surface area (TPSA) is 39.9 Å². The Balaban J connectivity index is 1.66. The van der Waals surface area contributed by atoms with Gasteiger partial charge in [-0.05, 0) is 28.8 Å². The van der Waals surface area contributed by atoms with Crippen molar-refractivity contribution < 1.29 is 9.13 Å². The molecule has 0 radical (unpaired) electrons. The van der Waals surface area contributed by atoms with Crippen molar-refractivity contribution in [3.8, 4) is 0 Å². The number of benzene rings is 2. The SMILES string of the molecule is Fc1ccc(CC2(CCn3cncn3)OCc3ccccc32)cc1. The molecule has 3 aromatic rings. The summed E-state index contributed by atoms with van der Waals surface area (Å²) in [6.45, 7) is 1.32. The number of rotatable bonds is 5. The second-order valence-electron chi connectivity index (χ2n) is 6.15. The summed E-state index contributed by atoms with van der Waals surface area (Å²) in [7, 11) is 0. The number of ether oxygens (including phenoxy) is 1. The van der Waals surface area contributed by atoms with Crippen LogP contribution in [0.3, 0.4) is 0 Å². The third kappa shape index (κ3) is 2.83. The van der Waals surface area contributed by atoms with Crippen molar-refractivity contribution in [1.29, 1.82) is 0 Å². The Morgan fingerprint density at radius 1 is 1.12 bits per heavy atom. The molecule has 24 heavy (non-hydrogen) atoms. The maximum Gasteiger partial charge on any atom is 0.137 e. The fourth-order valence-corrected chi connectivity index (χ4v) is 3.40. The van der Waals surface area contributed by atoms with E-state index in [1.54, 1.807) is 6.33 Å². The molecule has 2 heterocycles. The van der Waals surface area contributed by atoms with Gasteiger partial charge in [0.1, 0.15) is 18.5 Å². The lowest BCUT2D eigenvalue weighted by Crippen LogP contribution is -2.30. The Hall–Kier alpha value is -2.53. The molecule has 0 amide bonds. The van der Waals surface area contributed by atoms with E-state index in [9.17, 15) is 4.39 Å². The Bertz CT molecular complexity index is 817. The highest BCUT2D eigenvalue weighted by atomic mass is 19.1. The number of aryl methyl sites for hydroxylation is 1. The van der Waals surface area contributed by atoms with E-state index in [0.29, 0.717) is 13.0 Å². The number of nitrogens with zero attached hydrogens (tertiary/aromatic N) is 3. The van der Waals surface area contributed by atoms with E-state index in [1.165, 1.54) is 29.6 Å². The van der Waals surface area contributed by atoms with Gasteiger partial charge in [-0.15, -0.1) is 0 Å². The molecule has 0 spiro atoms. The van der Waals surface area contributed by atoms with Gasteiger partial charge in [0.25, 0.3) is 0 Å². The largest absolute Gasteiger partial charge is 0.365 e. The van der Waals surface area contributed by atoms with Gasteiger partial charge in [-0.25, -0.2) is 9.37 Å². The second kappa shape index (κ2) is 6.17. The highest BCUT2D eigenvalue weighted by Crippen LogP contribution is 2.42. The van der Waals surface area contributed by atoms with E-state index in [0.717, 1.165) is 18.5 Å². The predicted octanol–water partition coefficient (Wildman–Crippen LogP) is 3.48. The summed E-state index contributed by atoms with van der Waals surface area (Å²) in [4.78, 5) is 4.00. The van der Waals surface area contributed by atoms with Crippen LogP contribution in [0.15, 0.2) is 61.2 Å². The van der Waals surface area contributed by atoms with Crippen LogP contribution < -0.4 is 0 Å². The quantitative estimate of drug-likeness (QED) is 0.722. The fraction of sp³-hybridized carbons (Fsp3) is 0.263. The number of halogens is 1. The van der Waals surface area contributed by atoms with Crippen LogP contribution in [-0.2, 0) is 29.9 Å². The van der Waals surface area contributed by atoms with Crippen LogP contribution in [-0.4, -0.2) is 14.8 Å². The number of aromatic nitrogens is 3. The van der Waals surface area contributed by atoms with Gasteiger partial charge in [0, 0.05) is 19.4 Å². The average molecular weight is 323 g/mol. The predicted molar refractivity (Wildman–Crippen MR) is 87.7 cm³/mol. The Morgan fingerprint density at radius 3 is 2.75 bits per heavy atom. The van der Waals surface area contributed by atoms with Crippen LogP contribution in [0.5, 0.6) is 0 Å². The van der Waals surface area contributed by atoms with E-state index in [4.69, 9.17) is 4.74 Å². The molecule has 0 fully saturated rings. The van der Waals surface area contributed by atoms with Crippen molar-refractivity contribution in [3.63, 3.8) is 0 Å². The van der Waals surface area contributed by atoms with Gasteiger partial charge in [0.05, 0.1) is 12.2 Å². The summed E-state index contributed by atoms with van der Waals surface area (Å²) in [5.41, 5.74) is 3.08. The zero-order valence-electron chi connectivity index (χ0n) is 13.2. The van der Waals surface area contributed by atoms with Crippen LogP contribution >= 0.6 is 0 Å². The van der Waals surface area contributed by atoms with Crippen LogP contribution in [0, 0.1) is 5.82 Å². The first-order valence-corrected chi connectivity index (χ1v) is 8.04. The second-order valence-corrected chi connectivity index (χ2v) is 6.15. The molecule has 0 N–H and O–H groups in total. The van der Waals surface area contributed by atoms with Gasteiger partial charge in [-0.1, -0.05) is 36.4 Å². The van der Waals surface area contributed by atoms with Crippen molar-refractivity contribution >= 4 is 0 Å². The van der Waals surface area contributed by atoms with E-state index >= 15 is 0 Å². The van der Waals surface area contributed by atoms with Crippen molar-refractivity contribution in [2.75, 3.05) is 0 Å². The molecule has 4 rings (SSSR count). The normalized spacial score (nSPS) is 19.4. The molecule has 1 aromatic heterocycles. The van der Waals surface area contributed by atoms with Crippen molar-refractivity contribution in [2.45, 2.75) is 31.6 Å². The highest BCUT2D eigenvalue weighted by Gasteiger charge is 2.39. The molecule has 0 saturated carbocycles. The molecule has 1 atom stereocenters. The first-order chi connectivity index (χ1) is 11.8. The molecular formula is C19H18FN3O. The maximum absolute atomic E-state index is 13.2. The molecule has 1 unspecified atom stereocenters. The first-order valence-electron chi connectivity index (χ1n) is 8.04. The lowest BCUT2D eigenvalue weighted by Gasteiger charge is -2.30. The van der Waals surface area contributed by atoms with Crippen molar-refractivity contribution in [1.82, 2.24) is 14.8 Å². The molecule has 0 aliphatic carbocycles. The summed E-state index contributed by atoms with van der Waals surface area (Å²) in [5, 5.41) is 4.18. The minimum atomic E-state index is -0.416. The maximum atomic E-state index is 13.2. The standard InChI is InChI=1S/C19H18FN3O/c20-17-7-5-15(6-8-17)11-19(9-10-23-14-21-13-22-23)18-4-2-1-3-16(18)12-24-19/h1-8,13-14H,9-12H2. The Morgan fingerprint density at radius 2 is 1.96 bits per heavy atom. The van der Waals surface area contributed by atoms with Crippen LogP contribution in [0.4, 0.5) is 4.39 Å². The summed E-state index contributed by atoms with van der Waals surface area (Å²) in [6.07, 6.45) is 4.74. The molecule has 5 heteroatoms. The molecule has 2 aromatic carbocycles. The third-order valence-electron chi connectivity index (χ3n) is 4.63. The van der Waals surface area contributed by atoms with Gasteiger partial charge in [0.15, 0.2) is 0 Å². The Kier molecular flexibility index (Phi) is 3.86. The summed E-state index contributed by atoms with van der Waals surface area (Å²) in [5.74, 6) is -0.219. The van der Waals surface area contributed by atoms with E-state index in [-0.39, 0.29) is 5.82 Å². The van der Waals surface area contributed by atoms with Gasteiger partial charge in [-0.2, -0.15) is 5.10 Å². The smallest absolute Gasteiger partial charge is 0.137 e. The minimum Gasteiger partial charge on any atom is -0.365 e. The average Bonchev–Trinajstić information content (AvgIpc) is 3.24. The van der Waals surface area contributed by atoms with Gasteiger partial charge in [-0.3, -0.25) is 4.68 Å². The van der Waals surface area contributed by atoms with Gasteiger partial charge in [0.2, 0.25) is 0 Å². The third-order valence-corrected chi connectivity index (χ3v) is 4.63. The lowest BCUT2D eigenvalue weighted by atomic mass is 9.84. The fourth-order valence-electron chi connectivity index (χ4n) is 3.40. The number of fused-ring (bicyclic) bond motifs is 1. The summed E-state index contributed by atoms with van der Waals surface area (Å²) in [6, 6.07) is 15.0. The Labute approximate surface area is 139 Å². The number of hydrogen-bond acceptors (Lipinski definition) is 3. The first kappa shape index (κ1) is 15.0. The van der Waals surface area contributed by atoms with Crippen molar-refractivity contribution in [3.05, 3.63) is 83.7 Å². The zero-order chi connectivity index (χ0) is 16.4.